The molecule has 1 N–H and O–H groups in total. The lowest BCUT2D eigenvalue weighted by Crippen LogP contribution is -2.12. The van der Waals surface area contributed by atoms with Gasteiger partial charge in [-0.25, -0.2) is 0 Å². The van der Waals surface area contributed by atoms with Gasteiger partial charge in [-0.3, -0.25) is 10.1 Å². The second-order valence-corrected chi connectivity index (χ2v) is 9.25. The fourth-order valence-corrected chi connectivity index (χ4v) is 4.90. The number of hydrogen-bond donors (Lipinski definition) is 1. The van der Waals surface area contributed by atoms with Crippen LogP contribution in [0.2, 0.25) is 15.1 Å². The summed E-state index contributed by atoms with van der Waals surface area (Å²) in [5.41, 5.74) is 1.32. The van der Waals surface area contributed by atoms with E-state index in [2.05, 4.69) is 15.5 Å². The Morgan fingerprint density at radius 3 is 2.55 bits per heavy atom. The normalized spacial score (nSPS) is 10.8. The molecule has 0 aliphatic carbocycles. The predicted octanol–water partition coefficient (Wildman–Crippen LogP) is 6.83. The van der Waals surface area contributed by atoms with E-state index >= 15 is 0 Å². The third kappa shape index (κ3) is 5.99. The Hall–Kier alpha value is -1.51. The van der Waals surface area contributed by atoms with Gasteiger partial charge in [-0.1, -0.05) is 83.0 Å². The van der Waals surface area contributed by atoms with Gasteiger partial charge in [0.1, 0.15) is 0 Å². The number of carbonyl (C=O) groups excluding carboxylic acids is 1. The van der Waals surface area contributed by atoms with Crippen LogP contribution in [0.3, 0.4) is 0 Å². The molecule has 29 heavy (non-hydrogen) atoms. The second-order valence-electron chi connectivity index (χ2n) is 5.82. The number of ether oxygens (including phenoxy) is 1. The summed E-state index contributed by atoms with van der Waals surface area (Å²) >= 11 is 21.3. The molecule has 1 heterocycles. The molecule has 0 aliphatic heterocycles. The number of nitrogens with one attached hydrogen (secondary N) is 1. The number of carbonyl (C=O) groups is 1. The van der Waals surface area contributed by atoms with Crippen molar-refractivity contribution in [3.05, 3.63) is 62.6 Å². The van der Waals surface area contributed by atoms with Gasteiger partial charge in [-0.15, -0.1) is 10.2 Å². The molecule has 0 spiro atoms. The number of amides is 1. The molecule has 0 aliphatic rings. The largest absolute Gasteiger partial charge is 0.490 e. The molecule has 0 atom stereocenters. The Morgan fingerprint density at radius 2 is 1.86 bits per heavy atom. The smallest absolute Gasteiger partial charge is 0.257 e. The fraction of sp³-hybridized carbons (Fsp3) is 0.211. The van der Waals surface area contributed by atoms with Crippen LogP contribution in [0.15, 0.2) is 40.7 Å². The van der Waals surface area contributed by atoms with Gasteiger partial charge in [0.15, 0.2) is 10.1 Å². The average Bonchev–Trinajstić information content (AvgIpc) is 3.14. The minimum Gasteiger partial charge on any atom is -0.490 e. The van der Waals surface area contributed by atoms with Crippen LogP contribution < -0.4 is 10.1 Å². The first kappa shape index (κ1) is 22.2. The fourth-order valence-electron chi connectivity index (χ4n) is 2.28. The van der Waals surface area contributed by atoms with Gasteiger partial charge in [-0.2, -0.15) is 0 Å². The Balaban J connectivity index is 1.63. The van der Waals surface area contributed by atoms with Crippen molar-refractivity contribution >= 4 is 68.9 Å². The Kier molecular flexibility index (Phi) is 8.03. The highest BCUT2D eigenvalue weighted by atomic mass is 35.5. The number of aromatic nitrogens is 2. The summed E-state index contributed by atoms with van der Waals surface area (Å²) in [4.78, 5) is 12.5. The van der Waals surface area contributed by atoms with Gasteiger partial charge >= 0.3 is 0 Å². The molecule has 0 fully saturated rings. The molecule has 0 saturated heterocycles. The molecule has 0 saturated carbocycles. The van der Waals surface area contributed by atoms with Crippen LogP contribution in [-0.2, 0) is 5.75 Å². The molecule has 0 unspecified atom stereocenters. The third-order valence-corrected chi connectivity index (χ3v) is 6.60. The molecule has 10 heteroatoms. The van der Waals surface area contributed by atoms with Crippen LogP contribution in [0, 0.1) is 0 Å². The minimum absolute atomic E-state index is 0.282. The summed E-state index contributed by atoms with van der Waals surface area (Å²) in [6.07, 6.45) is 0.822. The zero-order valence-corrected chi connectivity index (χ0v) is 19.1. The lowest BCUT2D eigenvalue weighted by molar-refractivity contribution is 0.102. The van der Waals surface area contributed by atoms with Crippen molar-refractivity contribution in [2.24, 2.45) is 0 Å². The summed E-state index contributed by atoms with van der Waals surface area (Å²) in [7, 11) is 0. The molecule has 0 bridgehead atoms. The highest BCUT2D eigenvalue weighted by molar-refractivity contribution is 8.00. The van der Waals surface area contributed by atoms with Crippen molar-refractivity contribution in [2.45, 2.75) is 23.4 Å². The lowest BCUT2D eigenvalue weighted by Gasteiger charge is -2.10. The van der Waals surface area contributed by atoms with Gasteiger partial charge in [0.25, 0.3) is 5.91 Å². The number of anilines is 1. The van der Waals surface area contributed by atoms with Crippen molar-refractivity contribution in [1.29, 1.82) is 0 Å². The standard InChI is InChI=1S/C19H16Cl3N3O2S2/c1-2-7-27-16-14(21)8-12(9-15(16)22)17(26)23-18-24-25-19(29-18)28-10-11-5-3-4-6-13(11)20/h3-6,8-9H,2,7,10H2,1H3,(H,23,24,26). The van der Waals surface area contributed by atoms with E-state index in [0.717, 1.165) is 16.3 Å². The van der Waals surface area contributed by atoms with Crippen LogP contribution in [-0.4, -0.2) is 22.7 Å². The van der Waals surface area contributed by atoms with Crippen molar-refractivity contribution in [3.8, 4) is 5.75 Å². The molecule has 0 radical (unpaired) electrons. The molecule has 1 amide bonds. The van der Waals surface area contributed by atoms with Gasteiger partial charge in [-0.05, 0) is 30.2 Å². The number of rotatable bonds is 8. The highest BCUT2D eigenvalue weighted by Crippen LogP contribution is 2.35. The van der Waals surface area contributed by atoms with E-state index in [0.29, 0.717) is 33.8 Å². The van der Waals surface area contributed by atoms with Crippen molar-refractivity contribution in [2.75, 3.05) is 11.9 Å². The first-order valence-corrected chi connectivity index (χ1v) is 11.5. The van der Waals surface area contributed by atoms with Crippen LogP contribution in [0.1, 0.15) is 29.3 Å². The van der Waals surface area contributed by atoms with Crippen LogP contribution in [0.25, 0.3) is 0 Å². The minimum atomic E-state index is -0.380. The SMILES string of the molecule is CCCOc1c(Cl)cc(C(=O)Nc2nnc(SCc3ccccc3Cl)s2)cc1Cl. The zero-order chi connectivity index (χ0) is 20.8. The number of hydrogen-bond acceptors (Lipinski definition) is 6. The Bertz CT molecular complexity index is 991. The first-order chi connectivity index (χ1) is 14.0. The maximum absolute atomic E-state index is 12.5. The summed E-state index contributed by atoms with van der Waals surface area (Å²) in [5, 5.41) is 12.5. The Morgan fingerprint density at radius 1 is 1.14 bits per heavy atom. The number of nitrogens with zero attached hydrogens (tertiary/aromatic N) is 2. The Labute approximate surface area is 191 Å². The van der Waals surface area contributed by atoms with E-state index in [-0.39, 0.29) is 16.0 Å². The summed E-state index contributed by atoms with van der Waals surface area (Å²) in [5.74, 6) is 0.655. The summed E-state index contributed by atoms with van der Waals surface area (Å²) in [6, 6.07) is 10.7. The zero-order valence-electron chi connectivity index (χ0n) is 15.2. The molecule has 2 aromatic carbocycles. The monoisotopic (exact) mass is 487 g/mol. The van der Waals surface area contributed by atoms with Gasteiger partial charge < -0.3 is 4.74 Å². The summed E-state index contributed by atoms with van der Waals surface area (Å²) < 4.78 is 6.24. The van der Waals surface area contributed by atoms with E-state index in [4.69, 9.17) is 39.5 Å². The van der Waals surface area contributed by atoms with Crippen LogP contribution in [0.4, 0.5) is 5.13 Å². The van der Waals surface area contributed by atoms with Crippen LogP contribution in [0.5, 0.6) is 5.75 Å². The van der Waals surface area contributed by atoms with Gasteiger partial charge in [0.2, 0.25) is 5.13 Å². The van der Waals surface area contributed by atoms with Crippen molar-refractivity contribution in [1.82, 2.24) is 10.2 Å². The molecule has 1 aromatic heterocycles. The lowest BCUT2D eigenvalue weighted by atomic mass is 10.2. The van der Waals surface area contributed by atoms with E-state index in [9.17, 15) is 4.79 Å². The molecular formula is C19H16Cl3N3O2S2. The van der Waals surface area contributed by atoms with E-state index in [1.807, 2.05) is 31.2 Å². The van der Waals surface area contributed by atoms with Gasteiger partial charge in [0, 0.05) is 16.3 Å². The molecular weight excluding hydrogens is 473 g/mol. The molecule has 5 nitrogen and oxygen atoms in total. The number of halogens is 3. The van der Waals surface area contributed by atoms with E-state index in [1.165, 1.54) is 35.2 Å². The first-order valence-electron chi connectivity index (χ1n) is 8.60. The quantitative estimate of drug-likeness (QED) is 0.278. The van der Waals surface area contributed by atoms with Crippen molar-refractivity contribution < 1.29 is 9.53 Å². The average molecular weight is 489 g/mol. The van der Waals surface area contributed by atoms with E-state index < -0.39 is 0 Å². The highest BCUT2D eigenvalue weighted by Gasteiger charge is 2.16. The van der Waals surface area contributed by atoms with Crippen LogP contribution >= 0.6 is 57.9 Å². The maximum atomic E-state index is 12.5. The number of benzene rings is 2. The predicted molar refractivity (Wildman–Crippen MR) is 121 cm³/mol. The molecule has 152 valence electrons. The second kappa shape index (κ2) is 10.5. The summed E-state index contributed by atoms with van der Waals surface area (Å²) in [6.45, 7) is 2.47. The maximum Gasteiger partial charge on any atom is 0.257 e. The molecule has 3 aromatic rings. The van der Waals surface area contributed by atoms with Gasteiger partial charge in [0.05, 0.1) is 16.7 Å². The molecule has 3 rings (SSSR count). The third-order valence-electron chi connectivity index (χ3n) is 3.65. The van der Waals surface area contributed by atoms with Crippen molar-refractivity contribution in [3.63, 3.8) is 0 Å². The topological polar surface area (TPSA) is 64.1 Å². The van der Waals surface area contributed by atoms with E-state index in [1.54, 1.807) is 0 Å². The number of thioether (sulfide) groups is 1.